The molecule has 0 radical (unpaired) electrons. The number of hydrogen-bond donors (Lipinski definition) is 0. The summed E-state index contributed by atoms with van der Waals surface area (Å²) in [5.74, 6) is 0. The Hall–Kier alpha value is 0.247. The van der Waals surface area contributed by atoms with Crippen LogP contribution in [0.2, 0.25) is 0 Å². The van der Waals surface area contributed by atoms with Gasteiger partial charge in [0.05, 0.1) is 0 Å². The van der Waals surface area contributed by atoms with Crippen LogP contribution in [0.5, 0.6) is 0 Å². The van der Waals surface area contributed by atoms with Gasteiger partial charge < -0.3 is 0 Å². The maximum atomic E-state index is 5.72. The van der Waals surface area contributed by atoms with Crippen molar-refractivity contribution in [3.63, 3.8) is 0 Å². The molecule has 0 aromatic heterocycles. The van der Waals surface area contributed by atoms with Gasteiger partial charge in [-0.25, -0.2) is 0 Å². The van der Waals surface area contributed by atoms with Gasteiger partial charge in [0, 0.05) is 0 Å². The van der Waals surface area contributed by atoms with Crippen molar-refractivity contribution in [3.05, 3.63) is 11.3 Å². The van der Waals surface area contributed by atoms with Gasteiger partial charge in [0.25, 0.3) is 0 Å². The minimum absolute atomic E-state index is 0.350. The van der Waals surface area contributed by atoms with Gasteiger partial charge in [0.2, 0.25) is 0 Å². The molecule has 0 unspecified atom stereocenters. The minimum Gasteiger partial charge on any atom is -0.170 e. The quantitative estimate of drug-likeness (QED) is 0.425. The molecule has 0 N–H and O–H groups in total. The zero-order valence-electron chi connectivity index (χ0n) is 5.58. The van der Waals surface area contributed by atoms with Crippen molar-refractivity contribution in [2.45, 2.75) is 26.7 Å². The molecule has 0 rings (SSSR count). The van der Waals surface area contributed by atoms with Gasteiger partial charge in [0.1, 0.15) is 0 Å². The molecule has 0 fully saturated rings. The van der Waals surface area contributed by atoms with E-state index in [-0.39, 0.29) is 8.83 Å². The Bertz CT molecular complexity index is 72.6. The van der Waals surface area contributed by atoms with Crippen LogP contribution in [0.15, 0.2) is 11.3 Å². The molecule has 2 heteroatoms. The molecule has 48 valence electrons. The summed E-state index contributed by atoms with van der Waals surface area (Å²) >= 11 is 5.72. The van der Waals surface area contributed by atoms with Gasteiger partial charge in [-0.15, -0.1) is 0 Å². The van der Waals surface area contributed by atoms with Crippen molar-refractivity contribution in [1.82, 2.24) is 0 Å². The van der Waals surface area contributed by atoms with Crippen molar-refractivity contribution in [1.29, 1.82) is 0 Å². The third kappa shape index (κ3) is 3.27. The lowest BCUT2D eigenvalue weighted by molar-refractivity contribution is 1.13. The van der Waals surface area contributed by atoms with Crippen molar-refractivity contribution >= 4 is 19.9 Å². The molecule has 0 aromatic rings. The van der Waals surface area contributed by atoms with Crippen molar-refractivity contribution in [2.24, 2.45) is 0 Å². The van der Waals surface area contributed by atoms with E-state index in [0.29, 0.717) is 0 Å². The van der Waals surface area contributed by atoms with Gasteiger partial charge in [-0.2, -0.15) is 11.1 Å². The van der Waals surface area contributed by atoms with Crippen LogP contribution in [0.25, 0.3) is 0 Å². The van der Waals surface area contributed by atoms with Crippen LogP contribution in [0.4, 0.5) is 0 Å². The summed E-state index contributed by atoms with van der Waals surface area (Å²) in [5.41, 5.74) is 0. The Morgan fingerprint density at radius 1 is 1.62 bits per heavy atom. The van der Waals surface area contributed by atoms with E-state index in [0.717, 1.165) is 12.8 Å². The fourth-order valence-corrected chi connectivity index (χ4v) is 2.06. The molecular formula is C6H13ClSi. The van der Waals surface area contributed by atoms with Gasteiger partial charge in [-0.3, -0.25) is 0 Å². The lowest BCUT2D eigenvalue weighted by atomic mass is 10.3. The minimum atomic E-state index is -0.350. The first-order chi connectivity index (χ1) is 3.85. The second kappa shape index (κ2) is 5.38. The Kier molecular flexibility index (Phi) is 5.55. The second-order valence-electron chi connectivity index (χ2n) is 1.76. The summed E-state index contributed by atoms with van der Waals surface area (Å²) in [4.78, 5) is 0. The molecule has 0 nitrogen and oxygen atoms in total. The van der Waals surface area contributed by atoms with E-state index in [1.807, 2.05) is 0 Å². The summed E-state index contributed by atoms with van der Waals surface area (Å²) in [5, 5.41) is 1.49. The Labute approximate surface area is 58.5 Å². The summed E-state index contributed by atoms with van der Waals surface area (Å²) in [6, 6.07) is 0. The van der Waals surface area contributed by atoms with Crippen LogP contribution in [0.1, 0.15) is 26.7 Å². The predicted molar refractivity (Wildman–Crippen MR) is 43.1 cm³/mol. The SMILES string of the molecule is CCC=C(CC)[SiH2]Cl. The lowest BCUT2D eigenvalue weighted by Gasteiger charge is -1.93. The van der Waals surface area contributed by atoms with Gasteiger partial charge in [-0.05, 0) is 12.8 Å². The van der Waals surface area contributed by atoms with Crippen LogP contribution in [-0.4, -0.2) is 8.83 Å². The molecule has 0 aliphatic rings. The Balaban J connectivity index is 3.49. The van der Waals surface area contributed by atoms with E-state index in [1.165, 1.54) is 5.20 Å². The normalized spacial score (nSPS) is 13.6. The fourth-order valence-electron chi connectivity index (χ4n) is 0.582. The highest BCUT2D eigenvalue weighted by Gasteiger charge is 1.87. The average Bonchev–Trinajstić information content (AvgIpc) is 1.83. The molecule has 0 saturated carbocycles. The average molecular weight is 149 g/mol. The predicted octanol–water partition coefficient (Wildman–Crippen LogP) is 2.01. The largest absolute Gasteiger partial charge is 0.170 e. The number of rotatable bonds is 3. The molecule has 0 bridgehead atoms. The topological polar surface area (TPSA) is 0 Å². The van der Waals surface area contributed by atoms with Crippen molar-refractivity contribution in [2.75, 3.05) is 0 Å². The van der Waals surface area contributed by atoms with Crippen molar-refractivity contribution in [3.8, 4) is 0 Å². The molecule has 0 aliphatic carbocycles. The van der Waals surface area contributed by atoms with Crippen LogP contribution < -0.4 is 0 Å². The van der Waals surface area contributed by atoms with E-state index >= 15 is 0 Å². The summed E-state index contributed by atoms with van der Waals surface area (Å²) in [7, 11) is -0.350. The molecule has 0 atom stereocenters. The first kappa shape index (κ1) is 8.25. The molecule has 0 aromatic carbocycles. The zero-order valence-corrected chi connectivity index (χ0v) is 7.75. The molecule has 0 aliphatic heterocycles. The smallest absolute Gasteiger partial charge is 0.151 e. The molecule has 8 heavy (non-hydrogen) atoms. The van der Waals surface area contributed by atoms with E-state index < -0.39 is 0 Å². The van der Waals surface area contributed by atoms with Gasteiger partial charge >= 0.3 is 0 Å². The van der Waals surface area contributed by atoms with E-state index in [2.05, 4.69) is 19.9 Å². The zero-order chi connectivity index (χ0) is 6.41. The Morgan fingerprint density at radius 3 is 2.38 bits per heavy atom. The third-order valence-electron chi connectivity index (χ3n) is 1.12. The molecule has 0 amide bonds. The number of hydrogen-bond acceptors (Lipinski definition) is 0. The second-order valence-corrected chi connectivity index (χ2v) is 3.74. The first-order valence-electron chi connectivity index (χ1n) is 3.09. The van der Waals surface area contributed by atoms with Gasteiger partial charge in [0.15, 0.2) is 8.83 Å². The van der Waals surface area contributed by atoms with Crippen LogP contribution in [0.3, 0.4) is 0 Å². The van der Waals surface area contributed by atoms with E-state index in [4.69, 9.17) is 11.1 Å². The molecule has 0 saturated heterocycles. The lowest BCUT2D eigenvalue weighted by Crippen LogP contribution is -1.84. The fraction of sp³-hybridized carbons (Fsp3) is 0.667. The van der Waals surface area contributed by atoms with E-state index in [9.17, 15) is 0 Å². The van der Waals surface area contributed by atoms with E-state index in [1.54, 1.807) is 0 Å². The maximum absolute atomic E-state index is 5.72. The summed E-state index contributed by atoms with van der Waals surface area (Å²) < 4.78 is 0. The highest BCUT2D eigenvalue weighted by molar-refractivity contribution is 6.97. The summed E-state index contributed by atoms with van der Waals surface area (Å²) in [6.45, 7) is 4.31. The molecule has 0 spiro atoms. The summed E-state index contributed by atoms with van der Waals surface area (Å²) in [6.07, 6.45) is 4.55. The number of halogens is 1. The third-order valence-corrected chi connectivity index (χ3v) is 3.28. The van der Waals surface area contributed by atoms with Crippen LogP contribution in [-0.2, 0) is 0 Å². The molecular weight excluding hydrogens is 136 g/mol. The van der Waals surface area contributed by atoms with Gasteiger partial charge in [-0.1, -0.05) is 25.1 Å². The van der Waals surface area contributed by atoms with Crippen molar-refractivity contribution < 1.29 is 0 Å². The highest BCUT2D eigenvalue weighted by atomic mass is 35.6. The Morgan fingerprint density at radius 2 is 2.25 bits per heavy atom. The molecule has 0 heterocycles. The monoisotopic (exact) mass is 148 g/mol. The maximum Gasteiger partial charge on any atom is 0.151 e. The highest BCUT2D eigenvalue weighted by Crippen LogP contribution is 2.00. The standard InChI is InChI=1S/C6H13ClSi/c1-3-5-6(4-2)8-7/h5H,3-4,8H2,1-2H3. The first-order valence-corrected chi connectivity index (χ1v) is 5.93. The van der Waals surface area contributed by atoms with Crippen LogP contribution in [0, 0.1) is 0 Å². The number of allylic oxidation sites excluding steroid dienone is 2. The van der Waals surface area contributed by atoms with Crippen LogP contribution >= 0.6 is 11.1 Å².